The van der Waals surface area contributed by atoms with E-state index >= 15 is 0 Å². The Kier molecular flexibility index (Phi) is 9.06. The molecule has 1 aromatic carbocycles. The van der Waals surface area contributed by atoms with E-state index < -0.39 is 0 Å². The molecule has 1 unspecified atom stereocenters. The standard InChI is InChI=1S/C18H27N3O.HI/c1-4-19-18(21-16-10-6-7-11-16)20-13-15(3)22-17-12-8-5-9-14(17)2;/h5-9,12,15-16H,4,10-11,13H2,1-3H3,(H2,19,20,21);1H. The molecule has 0 fully saturated rings. The summed E-state index contributed by atoms with van der Waals surface area (Å²) in [7, 11) is 0. The zero-order chi connectivity index (χ0) is 15.8. The molecule has 0 radical (unpaired) electrons. The summed E-state index contributed by atoms with van der Waals surface area (Å²) >= 11 is 0. The number of para-hydroxylation sites is 1. The number of hydrogen-bond acceptors (Lipinski definition) is 2. The van der Waals surface area contributed by atoms with Crippen molar-refractivity contribution in [3.05, 3.63) is 42.0 Å². The van der Waals surface area contributed by atoms with Crippen LogP contribution in [0.5, 0.6) is 5.75 Å². The van der Waals surface area contributed by atoms with Crippen LogP contribution in [0.25, 0.3) is 0 Å². The molecule has 0 saturated heterocycles. The molecule has 2 rings (SSSR count). The lowest BCUT2D eigenvalue weighted by molar-refractivity contribution is 0.228. The average molecular weight is 429 g/mol. The molecule has 4 nitrogen and oxygen atoms in total. The molecule has 0 aromatic heterocycles. The fourth-order valence-corrected chi connectivity index (χ4v) is 2.41. The quantitative estimate of drug-likeness (QED) is 0.314. The first-order valence-electron chi connectivity index (χ1n) is 8.11. The highest BCUT2D eigenvalue weighted by atomic mass is 127. The predicted molar refractivity (Wildman–Crippen MR) is 108 cm³/mol. The number of benzene rings is 1. The molecule has 1 atom stereocenters. The van der Waals surface area contributed by atoms with Crippen LogP contribution in [0.3, 0.4) is 0 Å². The van der Waals surface area contributed by atoms with E-state index in [1.807, 2.05) is 18.2 Å². The van der Waals surface area contributed by atoms with Gasteiger partial charge in [0.25, 0.3) is 0 Å². The Balaban J connectivity index is 0.00000264. The Morgan fingerprint density at radius 3 is 2.65 bits per heavy atom. The molecule has 1 aliphatic rings. The normalized spacial score (nSPS) is 15.9. The Hall–Kier alpha value is -1.24. The van der Waals surface area contributed by atoms with Crippen molar-refractivity contribution in [2.24, 2.45) is 4.99 Å². The minimum Gasteiger partial charge on any atom is -0.489 e. The summed E-state index contributed by atoms with van der Waals surface area (Å²) in [5.74, 6) is 1.81. The first-order valence-corrected chi connectivity index (χ1v) is 8.11. The van der Waals surface area contributed by atoms with Crippen LogP contribution < -0.4 is 15.4 Å². The van der Waals surface area contributed by atoms with Gasteiger partial charge in [-0.15, -0.1) is 24.0 Å². The summed E-state index contributed by atoms with van der Waals surface area (Å²) in [5, 5.41) is 6.76. The third-order valence-electron chi connectivity index (χ3n) is 3.62. The number of guanidine groups is 1. The summed E-state index contributed by atoms with van der Waals surface area (Å²) in [6.45, 7) is 7.68. The number of nitrogens with one attached hydrogen (secondary N) is 2. The number of aliphatic imine (C=N–C) groups is 1. The Morgan fingerprint density at radius 1 is 1.30 bits per heavy atom. The van der Waals surface area contributed by atoms with Gasteiger partial charge in [0.05, 0.1) is 6.54 Å². The van der Waals surface area contributed by atoms with Gasteiger partial charge in [-0.25, -0.2) is 4.99 Å². The SMILES string of the molecule is CCNC(=NCC(C)Oc1ccccc1C)NC1CC=CC1.I. The number of ether oxygens (including phenoxy) is 1. The highest BCUT2D eigenvalue weighted by Crippen LogP contribution is 2.17. The van der Waals surface area contributed by atoms with Crippen molar-refractivity contribution in [3.8, 4) is 5.75 Å². The molecule has 23 heavy (non-hydrogen) atoms. The van der Waals surface area contributed by atoms with Crippen molar-refractivity contribution in [2.75, 3.05) is 13.1 Å². The van der Waals surface area contributed by atoms with E-state index in [2.05, 4.69) is 54.6 Å². The van der Waals surface area contributed by atoms with E-state index in [0.717, 1.165) is 36.7 Å². The van der Waals surface area contributed by atoms with Gasteiger partial charge < -0.3 is 15.4 Å². The predicted octanol–water partition coefficient (Wildman–Crippen LogP) is 3.65. The number of halogens is 1. The Labute approximate surface area is 156 Å². The van der Waals surface area contributed by atoms with Crippen molar-refractivity contribution in [1.29, 1.82) is 0 Å². The van der Waals surface area contributed by atoms with Gasteiger partial charge >= 0.3 is 0 Å². The Morgan fingerprint density at radius 2 is 2.00 bits per heavy atom. The molecule has 2 N–H and O–H groups in total. The molecule has 0 saturated carbocycles. The molecule has 128 valence electrons. The third-order valence-corrected chi connectivity index (χ3v) is 3.62. The van der Waals surface area contributed by atoms with E-state index in [-0.39, 0.29) is 30.1 Å². The molecule has 0 amide bonds. The van der Waals surface area contributed by atoms with Crippen LogP contribution in [0.4, 0.5) is 0 Å². The molecule has 0 heterocycles. The summed E-state index contributed by atoms with van der Waals surface area (Å²) in [6, 6.07) is 8.54. The van der Waals surface area contributed by atoms with E-state index in [0.29, 0.717) is 12.6 Å². The van der Waals surface area contributed by atoms with Crippen LogP contribution in [-0.2, 0) is 0 Å². The molecule has 0 bridgehead atoms. The lowest BCUT2D eigenvalue weighted by atomic mass is 10.2. The molecular formula is C18H28IN3O. The van der Waals surface area contributed by atoms with Gasteiger partial charge in [-0.2, -0.15) is 0 Å². The van der Waals surface area contributed by atoms with Crippen LogP contribution in [0.15, 0.2) is 41.4 Å². The number of hydrogen-bond donors (Lipinski definition) is 2. The van der Waals surface area contributed by atoms with Gasteiger partial charge in [0.15, 0.2) is 5.96 Å². The van der Waals surface area contributed by atoms with Gasteiger partial charge in [0, 0.05) is 12.6 Å². The first-order chi connectivity index (χ1) is 10.7. The maximum absolute atomic E-state index is 5.97. The fraction of sp³-hybridized carbons (Fsp3) is 0.500. The van der Waals surface area contributed by atoms with E-state index in [9.17, 15) is 0 Å². The van der Waals surface area contributed by atoms with E-state index in [1.165, 1.54) is 0 Å². The molecular weight excluding hydrogens is 401 g/mol. The minimum atomic E-state index is 0. The second-order valence-electron chi connectivity index (χ2n) is 5.70. The molecule has 1 aliphatic carbocycles. The monoisotopic (exact) mass is 429 g/mol. The van der Waals surface area contributed by atoms with Crippen molar-refractivity contribution in [3.63, 3.8) is 0 Å². The number of rotatable bonds is 6. The second kappa shape index (κ2) is 10.5. The van der Waals surface area contributed by atoms with Gasteiger partial charge in [0.1, 0.15) is 11.9 Å². The maximum Gasteiger partial charge on any atom is 0.191 e. The van der Waals surface area contributed by atoms with Crippen LogP contribution in [0.2, 0.25) is 0 Å². The van der Waals surface area contributed by atoms with Crippen LogP contribution in [0, 0.1) is 6.92 Å². The smallest absolute Gasteiger partial charge is 0.191 e. The van der Waals surface area contributed by atoms with Gasteiger partial charge in [0.2, 0.25) is 0 Å². The number of aryl methyl sites for hydroxylation is 1. The van der Waals surface area contributed by atoms with Crippen molar-refractivity contribution in [2.45, 2.75) is 45.8 Å². The minimum absolute atomic E-state index is 0. The zero-order valence-corrected chi connectivity index (χ0v) is 16.5. The summed E-state index contributed by atoms with van der Waals surface area (Å²) < 4.78 is 5.97. The third kappa shape index (κ3) is 6.81. The van der Waals surface area contributed by atoms with Crippen LogP contribution in [0.1, 0.15) is 32.3 Å². The molecule has 5 heteroatoms. The van der Waals surface area contributed by atoms with Crippen molar-refractivity contribution < 1.29 is 4.74 Å². The average Bonchev–Trinajstić information content (AvgIpc) is 3.00. The lowest BCUT2D eigenvalue weighted by Gasteiger charge is -2.18. The molecule has 0 spiro atoms. The second-order valence-corrected chi connectivity index (χ2v) is 5.70. The number of nitrogens with zero attached hydrogens (tertiary/aromatic N) is 1. The largest absolute Gasteiger partial charge is 0.489 e. The van der Waals surface area contributed by atoms with E-state index in [1.54, 1.807) is 0 Å². The first kappa shape index (κ1) is 19.8. The fourth-order valence-electron chi connectivity index (χ4n) is 2.41. The lowest BCUT2D eigenvalue weighted by Crippen LogP contribution is -2.43. The topological polar surface area (TPSA) is 45.7 Å². The van der Waals surface area contributed by atoms with Gasteiger partial charge in [-0.05, 0) is 45.2 Å². The summed E-state index contributed by atoms with van der Waals surface area (Å²) in [5.41, 5.74) is 1.15. The highest BCUT2D eigenvalue weighted by molar-refractivity contribution is 14.0. The van der Waals surface area contributed by atoms with Crippen molar-refractivity contribution >= 4 is 29.9 Å². The van der Waals surface area contributed by atoms with Gasteiger partial charge in [-0.3, -0.25) is 0 Å². The molecule has 0 aliphatic heterocycles. The van der Waals surface area contributed by atoms with Crippen LogP contribution in [-0.4, -0.2) is 31.2 Å². The van der Waals surface area contributed by atoms with Gasteiger partial charge in [-0.1, -0.05) is 30.4 Å². The Bertz CT molecular complexity index is 523. The van der Waals surface area contributed by atoms with Crippen LogP contribution >= 0.6 is 24.0 Å². The molecule has 1 aromatic rings. The zero-order valence-electron chi connectivity index (χ0n) is 14.2. The van der Waals surface area contributed by atoms with E-state index in [4.69, 9.17) is 4.74 Å². The summed E-state index contributed by atoms with van der Waals surface area (Å²) in [4.78, 5) is 4.64. The summed E-state index contributed by atoms with van der Waals surface area (Å²) in [6.07, 6.45) is 6.61. The maximum atomic E-state index is 5.97. The highest BCUT2D eigenvalue weighted by Gasteiger charge is 2.12. The van der Waals surface area contributed by atoms with Crippen molar-refractivity contribution in [1.82, 2.24) is 10.6 Å².